The van der Waals surface area contributed by atoms with Crippen LogP contribution in [0.5, 0.6) is 0 Å². The second-order valence-electron chi connectivity index (χ2n) is 0. The zero-order valence-corrected chi connectivity index (χ0v) is 5.58. The van der Waals surface area contributed by atoms with E-state index in [2.05, 4.69) is 0 Å². The molecule has 0 aromatic heterocycles. The Morgan fingerprint density at radius 2 is 1.00 bits per heavy atom. The molecule has 0 heterocycles. The van der Waals surface area contributed by atoms with Crippen molar-refractivity contribution >= 4 is 9.90 Å². The van der Waals surface area contributed by atoms with E-state index in [1.165, 1.54) is 0 Å². The van der Waals surface area contributed by atoms with E-state index < -0.39 is 0 Å². The zero-order chi connectivity index (χ0) is 0. The first-order valence-corrected chi connectivity index (χ1v) is 0. The molecule has 0 saturated heterocycles. The summed E-state index contributed by atoms with van der Waals surface area (Å²) in [4.78, 5) is 0. The Balaban J connectivity index is 0. The number of hydrogen-bond acceptors (Lipinski definition) is 0. The van der Waals surface area contributed by atoms with E-state index in [0.29, 0.717) is 0 Å². The molecule has 4 heteroatoms. The summed E-state index contributed by atoms with van der Waals surface area (Å²) in [7, 11) is 0. The maximum Gasteiger partial charge on any atom is 0 e. The molecule has 0 aromatic carbocycles. The summed E-state index contributed by atoms with van der Waals surface area (Å²) in [5.74, 6) is 0. The van der Waals surface area contributed by atoms with Gasteiger partial charge in [0.05, 0.1) is 0 Å². The third-order valence-corrected chi connectivity index (χ3v) is 0. The molecule has 0 aromatic rings. The summed E-state index contributed by atoms with van der Waals surface area (Å²) >= 11 is 0. The average Bonchev–Trinajstić information content (AvgIpc) is 0. The molecule has 0 atom stereocenters. The fraction of sp³-hybridized carbons (Fsp3) is 0. The molecule has 0 unspecified atom stereocenters. The molecule has 0 aliphatic rings. The monoisotopic (exact) mass is 203 g/mol. The quantitative estimate of drug-likeness (QED) is 0.405. The van der Waals surface area contributed by atoms with Gasteiger partial charge in [0.15, 0.2) is 0 Å². The smallest absolute Gasteiger partial charge is 0 e. The minimum atomic E-state index is 0. The van der Waals surface area contributed by atoms with Crippen molar-refractivity contribution in [3.63, 3.8) is 0 Å². The molecule has 0 N–H and O–H groups in total. The third kappa shape index (κ3) is 9.04. The Hall–Kier alpha value is 1.95. The van der Waals surface area contributed by atoms with E-state index in [9.17, 15) is 0 Å². The summed E-state index contributed by atoms with van der Waals surface area (Å²) in [6, 6.07) is 0. The molecule has 31 valence electrons. The largest absolute Gasteiger partial charge is 0 e. The van der Waals surface area contributed by atoms with Gasteiger partial charge >= 0.3 is 0 Å². The van der Waals surface area contributed by atoms with Gasteiger partial charge in [-0.25, -0.2) is 0 Å². The van der Waals surface area contributed by atoms with Crippen molar-refractivity contribution in [1.82, 2.24) is 0 Å². The van der Waals surface area contributed by atoms with Crippen molar-refractivity contribution < 1.29 is 50.3 Å². The van der Waals surface area contributed by atoms with E-state index >= 15 is 0 Å². The van der Waals surface area contributed by atoms with Crippen LogP contribution in [0.4, 0.5) is 0 Å². The van der Waals surface area contributed by atoms with E-state index in [0.717, 1.165) is 0 Å². The minimum absolute atomic E-state index is 0. The Labute approximate surface area is 60.1 Å². The number of rotatable bonds is 0. The van der Waals surface area contributed by atoms with E-state index in [-0.39, 0.29) is 60.2 Å². The molecule has 0 aliphatic carbocycles. The van der Waals surface area contributed by atoms with Gasteiger partial charge in [-0.05, 0) is 0 Å². The summed E-state index contributed by atoms with van der Waals surface area (Å²) < 4.78 is 0. The molecular weight excluding hydrogens is 204 g/mol. The molecule has 0 amide bonds. The van der Waals surface area contributed by atoms with Gasteiger partial charge in [0.25, 0.3) is 0 Å². The zero-order valence-electron chi connectivity index (χ0n) is 1.47. The Morgan fingerprint density at radius 1 is 1.00 bits per heavy atom. The Kier molecular flexibility index (Phi) is 195. The van der Waals surface area contributed by atoms with Gasteiger partial charge in [-0.15, -0.1) is 0 Å². The predicted octanol–water partition coefficient (Wildman–Crippen LogP) is 0.854. The maximum atomic E-state index is 0. The fourth-order valence-corrected chi connectivity index (χ4v) is 0. The summed E-state index contributed by atoms with van der Waals surface area (Å²) in [5, 5.41) is 0. The van der Waals surface area contributed by atoms with E-state index in [1.54, 1.807) is 0 Å². The topological polar surface area (TPSA) is 0 Å². The fourth-order valence-electron chi connectivity index (χ4n) is 0. The van der Waals surface area contributed by atoms with Gasteiger partial charge < -0.3 is 0 Å². The van der Waals surface area contributed by atoms with Gasteiger partial charge in [0.2, 0.25) is 0 Å². The van der Waals surface area contributed by atoms with Crippen molar-refractivity contribution in [3.05, 3.63) is 0 Å². The molecule has 0 spiro atoms. The molecule has 0 bridgehead atoms. The van der Waals surface area contributed by atoms with Gasteiger partial charge in [-0.1, -0.05) is 0 Å². The van der Waals surface area contributed by atoms with Crippen molar-refractivity contribution in [1.29, 1.82) is 0 Å². The van der Waals surface area contributed by atoms with Gasteiger partial charge in [0, 0.05) is 60.2 Å². The van der Waals surface area contributed by atoms with Crippen LogP contribution in [0.2, 0.25) is 0 Å². The van der Waals surface area contributed by atoms with Crippen LogP contribution in [-0.4, -0.2) is 0 Å². The van der Waals surface area contributed by atoms with Crippen LogP contribution in [0, 0.1) is 0 Å². The maximum absolute atomic E-state index is 0. The molecule has 4 heavy (non-hydrogen) atoms. The second kappa shape index (κ2) is 20.3. The van der Waals surface area contributed by atoms with Crippen molar-refractivity contribution in [2.75, 3.05) is 0 Å². The Morgan fingerprint density at radius 3 is 1.00 bits per heavy atom. The predicted molar refractivity (Wildman–Crippen MR) is 6.92 cm³/mol. The summed E-state index contributed by atoms with van der Waals surface area (Å²) in [6.07, 6.45) is 0. The standard InChI is InChI=1S/Co.Mn.Ni.P. The second-order valence-corrected chi connectivity index (χ2v) is 0. The van der Waals surface area contributed by atoms with Crippen molar-refractivity contribution in [2.24, 2.45) is 0 Å². The summed E-state index contributed by atoms with van der Waals surface area (Å²) in [6.45, 7) is 0. The minimum Gasteiger partial charge on any atom is 0 e. The number of hydrogen-bond donors (Lipinski definition) is 0. The van der Waals surface area contributed by atoms with Gasteiger partial charge in [-0.2, -0.15) is 0 Å². The van der Waals surface area contributed by atoms with Crippen LogP contribution in [0.3, 0.4) is 0 Å². The summed E-state index contributed by atoms with van der Waals surface area (Å²) in [5.41, 5.74) is 0. The van der Waals surface area contributed by atoms with Crippen LogP contribution >= 0.6 is 9.90 Å². The first kappa shape index (κ1) is 38.3. The molecular formula is CoMnNiP. The molecule has 0 nitrogen and oxygen atoms in total. The molecule has 0 fully saturated rings. The molecule has 0 aliphatic heterocycles. The van der Waals surface area contributed by atoms with Crippen molar-refractivity contribution in [3.8, 4) is 0 Å². The SMILES string of the molecule is [Co].[Mn].[Ni].[P]. The molecule has 5 radical (unpaired) electrons. The normalized spacial score (nSPS) is 0. The first-order chi connectivity index (χ1) is 0. The van der Waals surface area contributed by atoms with E-state index in [4.69, 9.17) is 0 Å². The third-order valence-electron chi connectivity index (χ3n) is 0. The van der Waals surface area contributed by atoms with Gasteiger partial charge in [-0.3, -0.25) is 0 Å². The van der Waals surface area contributed by atoms with Crippen LogP contribution < -0.4 is 0 Å². The Bertz CT molecular complexity index is 8.00. The average molecular weight is 204 g/mol. The van der Waals surface area contributed by atoms with Crippen LogP contribution in [0.15, 0.2) is 0 Å². The van der Waals surface area contributed by atoms with Crippen molar-refractivity contribution in [2.45, 2.75) is 0 Å². The molecule has 0 rings (SSSR count). The molecule has 0 saturated carbocycles. The van der Waals surface area contributed by atoms with Crippen LogP contribution in [-0.2, 0) is 50.3 Å². The first-order valence-electron chi connectivity index (χ1n) is 0. The van der Waals surface area contributed by atoms with Crippen LogP contribution in [0.25, 0.3) is 0 Å². The van der Waals surface area contributed by atoms with E-state index in [1.807, 2.05) is 0 Å². The van der Waals surface area contributed by atoms with Crippen LogP contribution in [0.1, 0.15) is 0 Å². The van der Waals surface area contributed by atoms with Gasteiger partial charge in [0.1, 0.15) is 0 Å².